The third-order valence-electron chi connectivity index (χ3n) is 10.5. The average Bonchev–Trinajstić information content (AvgIpc) is 3.84. The molecule has 3 unspecified atom stereocenters. The minimum Gasteiger partial charge on any atom is -0.493 e. The van der Waals surface area contributed by atoms with E-state index in [4.69, 9.17) is 54.3 Å². The molecular weight excluding hydrogens is 723 g/mol. The topological polar surface area (TPSA) is 67.2 Å². The van der Waals surface area contributed by atoms with Gasteiger partial charge in [0.25, 0.3) is 0 Å². The second kappa shape index (κ2) is 13.8. The second-order valence-corrected chi connectivity index (χ2v) is 14.2. The molecule has 2 aliphatic heterocycles. The molecule has 2 heterocycles. The summed E-state index contributed by atoms with van der Waals surface area (Å²) in [6.45, 7) is 0. The van der Waals surface area contributed by atoms with E-state index in [2.05, 4.69) is 47.0 Å². The summed E-state index contributed by atoms with van der Waals surface area (Å²) in [7, 11) is 3.27. The maximum Gasteiger partial charge on any atom is 0.212 e. The van der Waals surface area contributed by atoms with Gasteiger partial charge in [-0.1, -0.05) is 156 Å². The van der Waals surface area contributed by atoms with Crippen LogP contribution < -0.4 is 20.1 Å². The van der Waals surface area contributed by atoms with Crippen molar-refractivity contribution in [2.24, 2.45) is 9.98 Å². The second-order valence-electron chi connectivity index (χ2n) is 13.0. The van der Waals surface area contributed by atoms with Crippen molar-refractivity contribution < 1.29 is 9.47 Å². The van der Waals surface area contributed by atoms with Crippen molar-refractivity contribution >= 4 is 47.2 Å². The standard InChI is InChI=1S/C44H35Cl3N4O2/c1-52-39-26-25-32(29-40(39)53-2)41(30-15-5-3-6-16-30)42(31-17-7-4-8-18-31,33-19-9-12-22-36(33)45)51-44(50-41,35-21-11-14-24-38(35)47)43(48-27-28-49-43)34-20-10-13-23-37(34)46/h3-29,50-51H,1-2H3. The minimum atomic E-state index is -1.44. The number of nitrogens with zero attached hydrogens (tertiary/aromatic N) is 2. The van der Waals surface area contributed by atoms with E-state index in [0.29, 0.717) is 37.7 Å². The van der Waals surface area contributed by atoms with Crippen LogP contribution in [-0.4, -0.2) is 26.6 Å². The van der Waals surface area contributed by atoms with Gasteiger partial charge in [-0.25, -0.2) is 0 Å². The maximum atomic E-state index is 7.44. The summed E-state index contributed by atoms with van der Waals surface area (Å²) in [5.41, 5.74) is -0.489. The molecule has 0 radical (unpaired) electrons. The number of nitrogens with one attached hydrogen (secondary N) is 2. The van der Waals surface area contributed by atoms with Crippen LogP contribution in [0, 0.1) is 0 Å². The Hall–Kier alpha value is -4.95. The Morgan fingerprint density at radius 3 is 1.43 bits per heavy atom. The number of aliphatic imine (C=N–C) groups is 2. The number of ether oxygens (including phenoxy) is 2. The van der Waals surface area contributed by atoms with E-state index in [0.717, 1.165) is 22.3 Å². The van der Waals surface area contributed by atoms with Crippen LogP contribution in [0.5, 0.6) is 11.5 Å². The lowest BCUT2D eigenvalue weighted by molar-refractivity contribution is 0.158. The molecule has 6 aromatic carbocycles. The van der Waals surface area contributed by atoms with Crippen molar-refractivity contribution in [1.82, 2.24) is 10.6 Å². The van der Waals surface area contributed by atoms with E-state index in [1.807, 2.05) is 115 Å². The lowest BCUT2D eigenvalue weighted by Crippen LogP contribution is -2.62. The van der Waals surface area contributed by atoms with Crippen LogP contribution in [-0.2, 0) is 22.4 Å². The molecule has 0 aromatic heterocycles. The third-order valence-corrected chi connectivity index (χ3v) is 11.4. The molecule has 1 fully saturated rings. The third kappa shape index (κ3) is 5.16. The maximum absolute atomic E-state index is 7.44. The van der Waals surface area contributed by atoms with E-state index in [1.54, 1.807) is 26.6 Å². The minimum absolute atomic E-state index is 0.491. The van der Waals surface area contributed by atoms with Gasteiger partial charge in [0.1, 0.15) is 5.66 Å². The smallest absolute Gasteiger partial charge is 0.212 e. The van der Waals surface area contributed by atoms with Crippen LogP contribution in [0.15, 0.2) is 162 Å². The van der Waals surface area contributed by atoms with Gasteiger partial charge in [0, 0.05) is 38.6 Å². The summed E-state index contributed by atoms with van der Waals surface area (Å²) in [4.78, 5) is 10.5. The first-order chi connectivity index (χ1) is 25.9. The van der Waals surface area contributed by atoms with Crippen LogP contribution in [0.1, 0.15) is 33.4 Å². The summed E-state index contributed by atoms with van der Waals surface area (Å²) in [5, 5.41) is 10.1. The lowest BCUT2D eigenvalue weighted by atomic mass is 9.62. The van der Waals surface area contributed by atoms with Crippen molar-refractivity contribution in [2.45, 2.75) is 22.4 Å². The van der Waals surface area contributed by atoms with Gasteiger partial charge >= 0.3 is 0 Å². The number of benzene rings is 6. The molecule has 53 heavy (non-hydrogen) atoms. The molecule has 0 spiro atoms. The van der Waals surface area contributed by atoms with Gasteiger partial charge in [-0.3, -0.25) is 20.6 Å². The number of rotatable bonds is 9. The van der Waals surface area contributed by atoms with E-state index < -0.39 is 22.4 Å². The molecule has 1 saturated heterocycles. The fraction of sp³-hybridized carbons (Fsp3) is 0.136. The molecule has 2 N–H and O–H groups in total. The van der Waals surface area contributed by atoms with Crippen LogP contribution in [0.3, 0.4) is 0 Å². The molecule has 3 atom stereocenters. The molecule has 6 aromatic rings. The van der Waals surface area contributed by atoms with Crippen molar-refractivity contribution in [3.8, 4) is 11.5 Å². The highest BCUT2D eigenvalue weighted by Gasteiger charge is 2.73. The monoisotopic (exact) mass is 756 g/mol. The number of halogens is 3. The van der Waals surface area contributed by atoms with Crippen LogP contribution in [0.2, 0.25) is 15.1 Å². The van der Waals surface area contributed by atoms with Gasteiger partial charge in [-0.15, -0.1) is 0 Å². The van der Waals surface area contributed by atoms with Gasteiger partial charge in [-0.2, -0.15) is 0 Å². The van der Waals surface area contributed by atoms with Gasteiger partial charge in [0.15, 0.2) is 11.5 Å². The summed E-state index contributed by atoms with van der Waals surface area (Å²) >= 11 is 22.0. The average molecular weight is 758 g/mol. The van der Waals surface area contributed by atoms with E-state index in [-0.39, 0.29) is 0 Å². The Balaban J connectivity index is 1.64. The highest BCUT2D eigenvalue weighted by molar-refractivity contribution is 6.32. The van der Waals surface area contributed by atoms with Gasteiger partial charge < -0.3 is 9.47 Å². The summed E-state index contributed by atoms with van der Waals surface area (Å²) in [6.07, 6.45) is 3.42. The molecule has 9 heteroatoms. The van der Waals surface area contributed by atoms with E-state index in [9.17, 15) is 0 Å². The van der Waals surface area contributed by atoms with Gasteiger partial charge in [0.05, 0.1) is 25.3 Å². The van der Waals surface area contributed by atoms with Crippen LogP contribution in [0.4, 0.5) is 0 Å². The fourth-order valence-electron chi connectivity index (χ4n) is 8.31. The normalized spacial score (nSPS) is 22.9. The fourth-order valence-corrected chi connectivity index (χ4v) is 9.13. The highest BCUT2D eigenvalue weighted by Crippen LogP contribution is 2.63. The van der Waals surface area contributed by atoms with Crippen molar-refractivity contribution in [3.63, 3.8) is 0 Å². The lowest BCUT2D eigenvalue weighted by Gasteiger charge is -2.47. The van der Waals surface area contributed by atoms with Gasteiger partial charge in [-0.05, 0) is 52.6 Å². The Kier molecular flexibility index (Phi) is 9.13. The van der Waals surface area contributed by atoms with E-state index >= 15 is 0 Å². The largest absolute Gasteiger partial charge is 0.493 e. The molecule has 0 saturated carbocycles. The molecule has 0 amide bonds. The molecule has 0 bridgehead atoms. The van der Waals surface area contributed by atoms with Crippen LogP contribution in [0.25, 0.3) is 0 Å². The van der Waals surface area contributed by atoms with Crippen molar-refractivity contribution in [1.29, 1.82) is 0 Å². The van der Waals surface area contributed by atoms with Crippen molar-refractivity contribution in [3.05, 3.63) is 200 Å². The Morgan fingerprint density at radius 1 is 0.453 bits per heavy atom. The first-order valence-electron chi connectivity index (χ1n) is 17.1. The number of methoxy groups -OCH3 is 2. The molecule has 8 rings (SSSR count). The predicted octanol–water partition coefficient (Wildman–Crippen LogP) is 9.91. The molecule has 0 aliphatic carbocycles. The van der Waals surface area contributed by atoms with Gasteiger partial charge in [0.2, 0.25) is 5.66 Å². The van der Waals surface area contributed by atoms with Crippen molar-refractivity contribution in [2.75, 3.05) is 14.2 Å². The Bertz CT molecular complexity index is 2340. The summed E-state index contributed by atoms with van der Waals surface area (Å²) in [6, 6.07) is 49.9. The number of hydrogen-bond donors (Lipinski definition) is 2. The molecular formula is C44H35Cl3N4O2. The zero-order valence-corrected chi connectivity index (χ0v) is 31.2. The summed E-state index contributed by atoms with van der Waals surface area (Å²) < 4.78 is 11.8. The molecule has 2 aliphatic rings. The first kappa shape index (κ1) is 35.1. The van der Waals surface area contributed by atoms with Crippen LogP contribution >= 0.6 is 34.8 Å². The zero-order valence-electron chi connectivity index (χ0n) is 28.9. The first-order valence-corrected chi connectivity index (χ1v) is 18.3. The van der Waals surface area contributed by atoms with E-state index in [1.165, 1.54) is 0 Å². The molecule has 264 valence electrons. The zero-order chi connectivity index (χ0) is 36.7. The predicted molar refractivity (Wildman–Crippen MR) is 215 cm³/mol. The number of hydrogen-bond acceptors (Lipinski definition) is 6. The SMILES string of the molecule is COc1ccc(C2(c3ccccc3)NC(c3ccccc3Cl)(C3(c4ccccc4Cl)N=CC=N3)NC2(c2ccccc2)c2ccccc2Cl)cc1OC. The highest BCUT2D eigenvalue weighted by atomic mass is 35.5. The summed E-state index contributed by atoms with van der Waals surface area (Å²) in [5.74, 6) is 1.14. The molecule has 6 nitrogen and oxygen atoms in total. The quantitative estimate of drug-likeness (QED) is 0.154. The Labute approximate surface area is 324 Å². The Morgan fingerprint density at radius 2 is 0.906 bits per heavy atom.